The molecule has 0 unspecified atom stereocenters. The minimum atomic E-state index is 0.317. The van der Waals surface area contributed by atoms with Gasteiger partial charge in [0.1, 0.15) is 32.8 Å². The van der Waals surface area contributed by atoms with Crippen LogP contribution in [0.1, 0.15) is 5.56 Å². The Bertz CT molecular complexity index is 843. The molecular formula is C17H16Cl3N5O2. The summed E-state index contributed by atoms with van der Waals surface area (Å²) in [6, 6.07) is 5.67. The summed E-state index contributed by atoms with van der Waals surface area (Å²) in [4.78, 5) is 15.4. The zero-order chi connectivity index (χ0) is 19.6. The maximum atomic E-state index is 5.77. The van der Waals surface area contributed by atoms with Gasteiger partial charge in [-0.1, -0.05) is 34.8 Å². The number of halogens is 3. The van der Waals surface area contributed by atoms with Crippen LogP contribution >= 0.6 is 34.8 Å². The summed E-state index contributed by atoms with van der Waals surface area (Å²) in [6.45, 7) is 0.572. The Morgan fingerprint density at radius 2 is 1.30 bits per heavy atom. The third-order valence-electron chi connectivity index (χ3n) is 3.07. The number of ether oxygens (including phenoxy) is 2. The van der Waals surface area contributed by atoms with Crippen molar-refractivity contribution in [2.24, 2.45) is 0 Å². The van der Waals surface area contributed by atoms with Crippen molar-refractivity contribution in [3.05, 3.63) is 64.0 Å². The molecule has 0 bridgehead atoms. The molecule has 1 aromatic carbocycles. The minimum Gasteiger partial charge on any atom is -0.497 e. The van der Waals surface area contributed by atoms with Gasteiger partial charge >= 0.3 is 0 Å². The molecule has 10 heteroatoms. The molecule has 3 rings (SSSR count). The summed E-state index contributed by atoms with van der Waals surface area (Å²) in [5, 5.41) is 4.12. The molecule has 0 saturated heterocycles. The highest BCUT2D eigenvalue weighted by Gasteiger charge is 2.03. The quantitative estimate of drug-likeness (QED) is 0.638. The van der Waals surface area contributed by atoms with Gasteiger partial charge in [0.15, 0.2) is 0 Å². The van der Waals surface area contributed by atoms with Crippen LogP contribution in [0, 0.1) is 0 Å². The predicted octanol–water partition coefficient (Wildman–Crippen LogP) is 4.54. The lowest BCUT2D eigenvalue weighted by Crippen LogP contribution is -2.02. The fraction of sp³-hybridized carbons (Fsp3) is 0.176. The zero-order valence-corrected chi connectivity index (χ0v) is 16.8. The molecule has 27 heavy (non-hydrogen) atoms. The molecule has 0 spiro atoms. The van der Waals surface area contributed by atoms with Crippen LogP contribution in [-0.4, -0.2) is 34.2 Å². The van der Waals surface area contributed by atoms with E-state index in [0.717, 1.165) is 17.1 Å². The van der Waals surface area contributed by atoms with E-state index in [2.05, 4.69) is 25.3 Å². The highest BCUT2D eigenvalue weighted by molar-refractivity contribution is 6.32. The van der Waals surface area contributed by atoms with E-state index >= 15 is 0 Å². The number of hydrogen-bond donors (Lipinski definition) is 1. The number of aromatic nitrogens is 4. The lowest BCUT2D eigenvalue weighted by atomic mass is 10.2. The minimum absolute atomic E-state index is 0.317. The van der Waals surface area contributed by atoms with E-state index in [1.807, 2.05) is 18.2 Å². The number of methoxy groups -OCH3 is 2. The van der Waals surface area contributed by atoms with Gasteiger partial charge in [0.25, 0.3) is 0 Å². The molecule has 0 aliphatic carbocycles. The van der Waals surface area contributed by atoms with Gasteiger partial charge < -0.3 is 14.8 Å². The Kier molecular flexibility index (Phi) is 8.32. The Balaban J connectivity index is 0.000000273. The fourth-order valence-electron chi connectivity index (χ4n) is 1.91. The zero-order valence-electron chi connectivity index (χ0n) is 14.5. The van der Waals surface area contributed by atoms with Crippen LogP contribution in [0.15, 0.2) is 43.0 Å². The summed E-state index contributed by atoms with van der Waals surface area (Å²) in [7, 11) is 3.24. The van der Waals surface area contributed by atoms with Crippen molar-refractivity contribution >= 4 is 40.6 Å². The average Bonchev–Trinajstić information content (AvgIpc) is 2.66. The highest BCUT2D eigenvalue weighted by Crippen LogP contribution is 2.23. The van der Waals surface area contributed by atoms with Crippen LogP contribution in [-0.2, 0) is 6.54 Å². The molecule has 7 nitrogen and oxygen atoms in total. The van der Waals surface area contributed by atoms with E-state index in [0.29, 0.717) is 27.8 Å². The Labute approximate surface area is 171 Å². The maximum Gasteiger partial charge on any atom is 0.149 e. The summed E-state index contributed by atoms with van der Waals surface area (Å²) >= 11 is 16.5. The van der Waals surface area contributed by atoms with Gasteiger partial charge in [-0.05, 0) is 17.7 Å². The van der Waals surface area contributed by atoms with Gasteiger partial charge in [-0.15, -0.1) is 0 Å². The highest BCUT2D eigenvalue weighted by atomic mass is 35.5. The second-order valence-corrected chi connectivity index (χ2v) is 6.13. The average molecular weight is 429 g/mol. The van der Waals surface area contributed by atoms with Crippen molar-refractivity contribution in [2.75, 3.05) is 19.5 Å². The van der Waals surface area contributed by atoms with Gasteiger partial charge in [0, 0.05) is 12.6 Å². The van der Waals surface area contributed by atoms with E-state index in [4.69, 9.17) is 44.3 Å². The topological polar surface area (TPSA) is 82.0 Å². The molecule has 0 aliphatic rings. The number of nitrogens with zero attached hydrogens (tertiary/aromatic N) is 4. The van der Waals surface area contributed by atoms with Gasteiger partial charge in [0.2, 0.25) is 0 Å². The number of hydrogen-bond acceptors (Lipinski definition) is 7. The van der Waals surface area contributed by atoms with Crippen molar-refractivity contribution in [1.29, 1.82) is 0 Å². The van der Waals surface area contributed by atoms with Crippen LogP contribution in [0.25, 0.3) is 0 Å². The Morgan fingerprint density at radius 3 is 1.74 bits per heavy atom. The van der Waals surface area contributed by atoms with Gasteiger partial charge in [-0.25, -0.2) is 9.97 Å². The van der Waals surface area contributed by atoms with Crippen molar-refractivity contribution in [3.8, 4) is 11.5 Å². The van der Waals surface area contributed by atoms with E-state index in [-0.39, 0.29) is 0 Å². The van der Waals surface area contributed by atoms with Crippen LogP contribution in [0.5, 0.6) is 11.5 Å². The van der Waals surface area contributed by atoms with E-state index in [9.17, 15) is 0 Å². The van der Waals surface area contributed by atoms with Crippen LogP contribution in [0.4, 0.5) is 5.82 Å². The first-order valence-electron chi connectivity index (χ1n) is 7.56. The molecule has 142 valence electrons. The van der Waals surface area contributed by atoms with Crippen LogP contribution in [0.3, 0.4) is 0 Å². The molecule has 0 saturated carbocycles. The largest absolute Gasteiger partial charge is 0.497 e. The molecule has 0 fully saturated rings. The van der Waals surface area contributed by atoms with E-state index in [1.54, 1.807) is 20.4 Å². The van der Waals surface area contributed by atoms with E-state index < -0.39 is 0 Å². The monoisotopic (exact) mass is 427 g/mol. The number of anilines is 1. The second-order valence-electron chi connectivity index (χ2n) is 4.97. The second kappa shape index (κ2) is 10.7. The SMILES string of the molecule is COc1cc(CNc2cncc(Cl)n2)cc(OC)c1.Clc1cncc(Cl)n1. The van der Waals surface area contributed by atoms with Gasteiger partial charge in [-0.2, -0.15) is 0 Å². The lowest BCUT2D eigenvalue weighted by Gasteiger charge is -2.09. The molecule has 2 aromatic heterocycles. The number of benzene rings is 1. The van der Waals surface area contributed by atoms with Gasteiger partial charge in [0.05, 0.1) is 39.0 Å². The van der Waals surface area contributed by atoms with Crippen molar-refractivity contribution in [1.82, 2.24) is 19.9 Å². The molecule has 1 N–H and O–H groups in total. The summed E-state index contributed by atoms with van der Waals surface area (Å²) < 4.78 is 10.4. The number of nitrogens with one attached hydrogen (secondary N) is 1. The standard InChI is InChI=1S/C13H14ClN3O2.C4H2Cl2N2/c1-18-10-3-9(4-11(5-10)19-2)6-16-13-8-15-7-12(14)17-13;5-3-1-7-2-4(6)8-3/h3-5,7-8H,6H2,1-2H3,(H,16,17);1-2H. The van der Waals surface area contributed by atoms with Crippen molar-refractivity contribution < 1.29 is 9.47 Å². The molecule has 0 amide bonds. The van der Waals surface area contributed by atoms with Crippen molar-refractivity contribution in [2.45, 2.75) is 6.54 Å². The molecule has 2 heterocycles. The third kappa shape index (κ3) is 7.42. The molecule has 0 atom stereocenters. The fourth-order valence-corrected chi connectivity index (χ4v) is 2.39. The molecule has 0 aliphatic heterocycles. The molecule has 3 aromatic rings. The first-order valence-corrected chi connectivity index (χ1v) is 8.70. The molecular weight excluding hydrogens is 413 g/mol. The van der Waals surface area contributed by atoms with E-state index in [1.165, 1.54) is 18.6 Å². The Hall–Kier alpha value is -2.35. The van der Waals surface area contributed by atoms with Gasteiger partial charge in [-0.3, -0.25) is 9.97 Å². The molecule has 0 radical (unpaired) electrons. The van der Waals surface area contributed by atoms with Crippen molar-refractivity contribution in [3.63, 3.8) is 0 Å². The smallest absolute Gasteiger partial charge is 0.149 e. The Morgan fingerprint density at radius 1 is 0.778 bits per heavy atom. The first kappa shape index (κ1) is 21.0. The normalized spacial score (nSPS) is 9.81. The first-order chi connectivity index (χ1) is 13.0. The lowest BCUT2D eigenvalue weighted by molar-refractivity contribution is 0.393. The van der Waals surface area contributed by atoms with Crippen LogP contribution in [0.2, 0.25) is 15.5 Å². The maximum absolute atomic E-state index is 5.77. The summed E-state index contributed by atoms with van der Waals surface area (Å²) in [5.41, 5.74) is 1.01. The predicted molar refractivity (Wildman–Crippen MR) is 106 cm³/mol. The van der Waals surface area contributed by atoms with Crippen LogP contribution < -0.4 is 14.8 Å². The number of rotatable bonds is 5. The summed E-state index contributed by atoms with van der Waals surface area (Å²) in [5.74, 6) is 2.11. The summed E-state index contributed by atoms with van der Waals surface area (Å²) in [6.07, 6.45) is 5.95. The third-order valence-corrected chi connectivity index (χ3v) is 3.61.